The second-order valence-corrected chi connectivity index (χ2v) is 5.90. The molecule has 0 saturated carbocycles. The first-order valence-electron chi connectivity index (χ1n) is 7.21. The van der Waals surface area contributed by atoms with Crippen LogP contribution < -0.4 is 4.74 Å². The molecular weight excluding hydrogens is 294 g/mol. The summed E-state index contributed by atoms with van der Waals surface area (Å²) in [4.78, 5) is 11.8. The van der Waals surface area contributed by atoms with Crippen LogP contribution >= 0.6 is 0 Å². The molecule has 0 radical (unpaired) electrons. The Morgan fingerprint density at radius 1 is 1.04 bits per heavy atom. The minimum absolute atomic E-state index is 0.143. The van der Waals surface area contributed by atoms with Crippen LogP contribution in [0.3, 0.4) is 0 Å². The molecule has 0 aliphatic carbocycles. The van der Waals surface area contributed by atoms with E-state index in [4.69, 9.17) is 9.47 Å². The van der Waals surface area contributed by atoms with Crippen LogP contribution in [0, 0.1) is 5.21 Å². The Balaban J connectivity index is 2.24. The molecule has 5 nitrogen and oxygen atoms in total. The molecule has 0 aliphatic rings. The lowest BCUT2D eigenvalue weighted by Gasteiger charge is -2.18. The summed E-state index contributed by atoms with van der Waals surface area (Å²) < 4.78 is 10.9. The molecule has 0 N–H and O–H groups in total. The molecule has 120 valence electrons. The van der Waals surface area contributed by atoms with E-state index in [0.717, 1.165) is 5.56 Å². The van der Waals surface area contributed by atoms with Gasteiger partial charge >= 0.3 is 6.16 Å². The first kappa shape index (κ1) is 16.5. The Labute approximate surface area is 135 Å². The van der Waals surface area contributed by atoms with Crippen molar-refractivity contribution in [2.75, 3.05) is 0 Å². The number of carbonyl (C=O) groups excluding carboxylic acids is 1. The van der Waals surface area contributed by atoms with Gasteiger partial charge in [-0.2, -0.15) is 4.74 Å². The number of nitrogens with zero attached hydrogens (tertiary/aromatic N) is 1. The average Bonchev–Trinajstić information content (AvgIpc) is 2.46. The lowest BCUT2D eigenvalue weighted by atomic mass is 10.2. The molecule has 0 heterocycles. The molecule has 0 saturated heterocycles. The molecule has 2 aromatic carbocycles. The topological polar surface area (TPSA) is 61.6 Å². The van der Waals surface area contributed by atoms with Crippen LogP contribution in [-0.2, 0) is 4.74 Å². The van der Waals surface area contributed by atoms with E-state index in [1.165, 1.54) is 6.21 Å². The van der Waals surface area contributed by atoms with Gasteiger partial charge in [0.2, 0.25) is 5.75 Å². The molecule has 0 bridgehead atoms. The van der Waals surface area contributed by atoms with Crippen LogP contribution in [0.15, 0.2) is 54.6 Å². The maximum atomic E-state index is 12.3. The summed E-state index contributed by atoms with van der Waals surface area (Å²) in [6, 6.07) is 15.7. The van der Waals surface area contributed by atoms with E-state index in [1.807, 2.05) is 30.3 Å². The summed E-state index contributed by atoms with van der Waals surface area (Å²) in [5, 5.41) is 12.3. The summed E-state index contributed by atoms with van der Waals surface area (Å²) in [7, 11) is 0. The highest BCUT2D eigenvalue weighted by Crippen LogP contribution is 2.27. The smallest absolute Gasteiger partial charge is 0.514 e. The van der Waals surface area contributed by atoms with Crippen LogP contribution in [-0.4, -0.2) is 22.7 Å². The Morgan fingerprint density at radius 3 is 2.30 bits per heavy atom. The van der Waals surface area contributed by atoms with Crippen molar-refractivity contribution in [3.05, 3.63) is 65.4 Å². The molecule has 0 spiro atoms. The summed E-state index contributed by atoms with van der Waals surface area (Å²) >= 11 is 0. The van der Waals surface area contributed by atoms with Crippen molar-refractivity contribution in [3.8, 4) is 5.75 Å². The first-order valence-corrected chi connectivity index (χ1v) is 7.21. The fourth-order valence-electron chi connectivity index (χ4n) is 1.83. The Hall–Kier alpha value is -2.82. The number of rotatable bonds is 3. The van der Waals surface area contributed by atoms with Crippen molar-refractivity contribution in [1.82, 2.24) is 0 Å². The third-order valence-electron chi connectivity index (χ3n) is 2.75. The fourth-order valence-corrected chi connectivity index (χ4v) is 1.83. The number of benzene rings is 2. The minimum Gasteiger partial charge on any atom is -0.618 e. The van der Waals surface area contributed by atoms with Gasteiger partial charge < -0.3 is 14.7 Å². The largest absolute Gasteiger partial charge is 0.618 e. The zero-order chi connectivity index (χ0) is 16.9. The molecule has 0 aromatic heterocycles. The molecule has 0 amide bonds. The van der Waals surface area contributed by atoms with Crippen LogP contribution in [0.2, 0.25) is 0 Å². The summed E-state index contributed by atoms with van der Waals surface area (Å²) in [6.45, 7) is 5.22. The van der Waals surface area contributed by atoms with Crippen molar-refractivity contribution >= 4 is 18.1 Å². The fraction of sp³-hybridized carbons (Fsp3) is 0.222. The minimum atomic E-state index is -0.849. The van der Waals surface area contributed by atoms with Crippen LogP contribution in [0.4, 0.5) is 10.5 Å². The first-order chi connectivity index (χ1) is 10.8. The zero-order valence-corrected chi connectivity index (χ0v) is 13.4. The lowest BCUT2D eigenvalue weighted by molar-refractivity contribution is -0.355. The van der Waals surface area contributed by atoms with Crippen molar-refractivity contribution in [2.24, 2.45) is 0 Å². The molecule has 0 fully saturated rings. The maximum Gasteiger partial charge on any atom is 0.514 e. The van der Waals surface area contributed by atoms with Gasteiger partial charge in [-0.25, -0.2) is 4.79 Å². The van der Waals surface area contributed by atoms with Gasteiger partial charge in [-0.1, -0.05) is 30.3 Å². The number of ether oxygens (including phenoxy) is 2. The Morgan fingerprint density at radius 2 is 1.65 bits per heavy atom. The van der Waals surface area contributed by atoms with E-state index in [9.17, 15) is 10.0 Å². The average molecular weight is 313 g/mol. The summed E-state index contributed by atoms with van der Waals surface area (Å²) in [5.41, 5.74) is 0.302. The van der Waals surface area contributed by atoms with Crippen molar-refractivity contribution in [1.29, 1.82) is 0 Å². The van der Waals surface area contributed by atoms with E-state index >= 15 is 0 Å². The highest BCUT2D eigenvalue weighted by Gasteiger charge is 2.21. The van der Waals surface area contributed by atoms with Gasteiger partial charge in [-0.3, -0.25) is 0 Å². The monoisotopic (exact) mass is 313 g/mol. The lowest BCUT2D eigenvalue weighted by Crippen LogP contribution is -2.26. The molecule has 2 aromatic rings. The number of para-hydroxylation sites is 2. The predicted octanol–water partition coefficient (Wildman–Crippen LogP) is 4.26. The molecule has 0 atom stereocenters. The van der Waals surface area contributed by atoms with Gasteiger partial charge in [0, 0.05) is 11.6 Å². The number of hydrogen-bond donors (Lipinski definition) is 0. The molecule has 23 heavy (non-hydrogen) atoms. The Kier molecular flexibility index (Phi) is 5.01. The SMILES string of the molecule is CC(C)(C)OC(=O)Oc1ccccc1[N+]([O-])=Cc1ccccc1. The van der Waals surface area contributed by atoms with Gasteiger partial charge in [0.1, 0.15) is 5.60 Å². The van der Waals surface area contributed by atoms with Crippen LogP contribution in [0.5, 0.6) is 5.75 Å². The van der Waals surface area contributed by atoms with Gasteiger partial charge in [0.05, 0.1) is 0 Å². The third-order valence-corrected chi connectivity index (χ3v) is 2.75. The quantitative estimate of drug-likeness (QED) is 0.212. The summed E-state index contributed by atoms with van der Waals surface area (Å²) in [5.74, 6) is 0.143. The Bertz CT molecular complexity index is 702. The second-order valence-electron chi connectivity index (χ2n) is 5.90. The molecule has 5 heteroatoms. The van der Waals surface area contributed by atoms with Gasteiger partial charge in [0.15, 0.2) is 6.21 Å². The van der Waals surface area contributed by atoms with Crippen LogP contribution in [0.25, 0.3) is 0 Å². The predicted molar refractivity (Wildman–Crippen MR) is 88.2 cm³/mol. The molecule has 0 unspecified atom stereocenters. The molecule has 0 aliphatic heterocycles. The summed E-state index contributed by atoms with van der Waals surface area (Å²) in [6.07, 6.45) is 0.565. The molecule has 2 rings (SSSR count). The van der Waals surface area contributed by atoms with E-state index in [2.05, 4.69) is 0 Å². The third kappa shape index (κ3) is 5.14. The van der Waals surface area contributed by atoms with Gasteiger partial charge in [0.25, 0.3) is 5.69 Å². The van der Waals surface area contributed by atoms with Gasteiger partial charge in [-0.15, -0.1) is 0 Å². The van der Waals surface area contributed by atoms with E-state index in [-0.39, 0.29) is 11.4 Å². The van der Waals surface area contributed by atoms with Crippen molar-refractivity contribution in [2.45, 2.75) is 26.4 Å². The normalized spacial score (nSPS) is 11.9. The van der Waals surface area contributed by atoms with Crippen molar-refractivity contribution < 1.29 is 19.0 Å². The van der Waals surface area contributed by atoms with Crippen molar-refractivity contribution in [3.63, 3.8) is 0 Å². The highest BCUT2D eigenvalue weighted by atomic mass is 16.7. The van der Waals surface area contributed by atoms with Crippen LogP contribution in [0.1, 0.15) is 26.3 Å². The second kappa shape index (κ2) is 6.96. The zero-order valence-electron chi connectivity index (χ0n) is 13.4. The van der Waals surface area contributed by atoms with Gasteiger partial charge in [-0.05, 0) is 39.0 Å². The van der Waals surface area contributed by atoms with E-state index < -0.39 is 11.8 Å². The number of hydrogen-bond acceptors (Lipinski definition) is 4. The van der Waals surface area contributed by atoms with E-state index in [0.29, 0.717) is 4.74 Å². The van der Waals surface area contributed by atoms with E-state index in [1.54, 1.807) is 45.0 Å². The number of carbonyl (C=O) groups is 1. The standard InChI is InChI=1S/C18H19NO4/c1-18(2,3)23-17(20)22-16-12-8-7-11-15(16)19(21)13-14-9-5-4-6-10-14/h4-13H,1-3H3. The maximum absolute atomic E-state index is 12.3. The highest BCUT2D eigenvalue weighted by molar-refractivity contribution is 5.77. The molecular formula is C18H19NO4.